The minimum atomic E-state index is -0.565. The first-order valence-electron chi connectivity index (χ1n) is 6.50. The Balaban J connectivity index is 1.82. The fourth-order valence-corrected chi connectivity index (χ4v) is 2.21. The van der Waals surface area contributed by atoms with Gasteiger partial charge in [-0.1, -0.05) is 42.5 Å². The van der Waals surface area contributed by atoms with E-state index in [0.29, 0.717) is 5.92 Å². The predicted molar refractivity (Wildman–Crippen MR) is 72.9 cm³/mol. The van der Waals surface area contributed by atoms with Crippen LogP contribution in [0, 0.1) is 5.92 Å². The summed E-state index contributed by atoms with van der Waals surface area (Å²) >= 11 is 0. The lowest BCUT2D eigenvalue weighted by Gasteiger charge is -2.19. The molecule has 3 nitrogen and oxygen atoms in total. The lowest BCUT2D eigenvalue weighted by atomic mass is 9.94. The summed E-state index contributed by atoms with van der Waals surface area (Å²) in [4.78, 5) is 11.9. The third kappa shape index (κ3) is 3.44. The molecular formula is C15H20N2O. The Kier molecular flexibility index (Phi) is 4.53. The summed E-state index contributed by atoms with van der Waals surface area (Å²) in [6.07, 6.45) is 7.72. The average molecular weight is 244 g/mol. The number of rotatable bonds is 4. The highest BCUT2D eigenvalue weighted by molar-refractivity contribution is 5.82. The van der Waals surface area contributed by atoms with Crippen LogP contribution in [0.3, 0.4) is 0 Å². The zero-order valence-corrected chi connectivity index (χ0v) is 10.5. The second-order valence-corrected chi connectivity index (χ2v) is 4.78. The molecule has 1 aromatic rings. The monoisotopic (exact) mass is 244 g/mol. The van der Waals surface area contributed by atoms with E-state index in [4.69, 9.17) is 5.73 Å². The minimum absolute atomic E-state index is 0.0873. The van der Waals surface area contributed by atoms with Crippen molar-refractivity contribution in [1.29, 1.82) is 0 Å². The number of nitrogens with two attached hydrogens (primary N) is 1. The first kappa shape index (κ1) is 12.8. The molecule has 0 saturated carbocycles. The highest BCUT2D eigenvalue weighted by Crippen LogP contribution is 2.17. The van der Waals surface area contributed by atoms with Gasteiger partial charge >= 0.3 is 0 Å². The van der Waals surface area contributed by atoms with Crippen LogP contribution in [0.5, 0.6) is 0 Å². The van der Waals surface area contributed by atoms with Gasteiger partial charge in [0.15, 0.2) is 0 Å². The van der Waals surface area contributed by atoms with Gasteiger partial charge in [-0.2, -0.15) is 0 Å². The van der Waals surface area contributed by atoms with E-state index in [2.05, 4.69) is 17.5 Å². The van der Waals surface area contributed by atoms with Crippen molar-refractivity contribution >= 4 is 5.91 Å². The van der Waals surface area contributed by atoms with Crippen molar-refractivity contribution in [3.63, 3.8) is 0 Å². The number of nitrogens with one attached hydrogen (secondary N) is 1. The van der Waals surface area contributed by atoms with Crippen LogP contribution in [-0.2, 0) is 4.79 Å². The molecule has 0 heterocycles. The number of hydrogen-bond donors (Lipinski definition) is 2. The van der Waals surface area contributed by atoms with E-state index in [1.165, 1.54) is 0 Å². The Morgan fingerprint density at radius 1 is 1.33 bits per heavy atom. The van der Waals surface area contributed by atoms with Crippen molar-refractivity contribution in [1.82, 2.24) is 5.32 Å². The molecule has 1 unspecified atom stereocenters. The summed E-state index contributed by atoms with van der Waals surface area (Å²) in [6, 6.07) is 8.91. The second kappa shape index (κ2) is 6.36. The van der Waals surface area contributed by atoms with Gasteiger partial charge in [-0.15, -0.1) is 0 Å². The summed E-state index contributed by atoms with van der Waals surface area (Å²) in [5, 5.41) is 2.95. The normalized spacial score (nSPS) is 20.4. The first-order valence-corrected chi connectivity index (χ1v) is 6.50. The van der Waals surface area contributed by atoms with Gasteiger partial charge in [-0.05, 0) is 30.7 Å². The average Bonchev–Trinajstić information content (AvgIpc) is 2.46. The standard InChI is InChI=1S/C15H20N2O/c16-14(13-9-5-2-6-10-13)15(18)17-11-12-7-3-1-4-8-12/h1-3,5-6,9-10,12,14H,4,7-8,11,16H2,(H,17,18)/t12?,14-/m0/s1. The molecule has 3 N–H and O–H groups in total. The van der Waals surface area contributed by atoms with Crippen LogP contribution in [0.1, 0.15) is 30.9 Å². The number of hydrogen-bond acceptors (Lipinski definition) is 2. The zero-order chi connectivity index (χ0) is 12.8. The molecule has 1 aromatic carbocycles. The van der Waals surface area contributed by atoms with Crippen molar-refractivity contribution in [2.24, 2.45) is 11.7 Å². The molecule has 1 aliphatic rings. The molecule has 0 bridgehead atoms. The molecule has 0 fully saturated rings. The molecule has 0 spiro atoms. The van der Waals surface area contributed by atoms with Gasteiger partial charge in [0.25, 0.3) is 0 Å². The minimum Gasteiger partial charge on any atom is -0.354 e. The van der Waals surface area contributed by atoms with Gasteiger partial charge in [0.1, 0.15) is 6.04 Å². The highest BCUT2D eigenvalue weighted by atomic mass is 16.2. The van der Waals surface area contributed by atoms with E-state index in [1.807, 2.05) is 30.3 Å². The number of allylic oxidation sites excluding steroid dienone is 2. The lowest BCUT2D eigenvalue weighted by molar-refractivity contribution is -0.122. The van der Waals surface area contributed by atoms with Crippen LogP contribution < -0.4 is 11.1 Å². The number of carbonyl (C=O) groups is 1. The molecule has 0 saturated heterocycles. The SMILES string of the molecule is N[C@H](C(=O)NCC1CC=CCC1)c1ccccc1. The molecule has 96 valence electrons. The number of amides is 1. The fourth-order valence-electron chi connectivity index (χ4n) is 2.21. The van der Waals surface area contributed by atoms with Gasteiger partial charge < -0.3 is 11.1 Å². The number of benzene rings is 1. The van der Waals surface area contributed by atoms with Gasteiger partial charge in [0, 0.05) is 6.54 Å². The molecule has 3 heteroatoms. The van der Waals surface area contributed by atoms with E-state index < -0.39 is 6.04 Å². The zero-order valence-electron chi connectivity index (χ0n) is 10.5. The third-order valence-corrected chi connectivity index (χ3v) is 3.38. The van der Waals surface area contributed by atoms with E-state index in [-0.39, 0.29) is 5.91 Å². The van der Waals surface area contributed by atoms with E-state index in [9.17, 15) is 4.79 Å². The van der Waals surface area contributed by atoms with Gasteiger partial charge in [0.05, 0.1) is 0 Å². The van der Waals surface area contributed by atoms with Crippen molar-refractivity contribution in [2.75, 3.05) is 6.54 Å². The maximum atomic E-state index is 11.9. The molecule has 0 radical (unpaired) electrons. The van der Waals surface area contributed by atoms with Crippen molar-refractivity contribution in [3.8, 4) is 0 Å². The maximum absolute atomic E-state index is 11.9. The Morgan fingerprint density at radius 2 is 2.11 bits per heavy atom. The van der Waals surface area contributed by atoms with Gasteiger partial charge in [0.2, 0.25) is 5.91 Å². The maximum Gasteiger partial charge on any atom is 0.241 e. The van der Waals surface area contributed by atoms with Crippen molar-refractivity contribution in [2.45, 2.75) is 25.3 Å². The van der Waals surface area contributed by atoms with Crippen LogP contribution >= 0.6 is 0 Å². The Bertz CT molecular complexity index is 414. The van der Waals surface area contributed by atoms with E-state index in [0.717, 1.165) is 31.4 Å². The lowest BCUT2D eigenvalue weighted by Crippen LogP contribution is -2.37. The Morgan fingerprint density at radius 3 is 2.78 bits per heavy atom. The molecule has 0 aliphatic heterocycles. The summed E-state index contributed by atoms with van der Waals surface area (Å²) in [7, 11) is 0. The predicted octanol–water partition coefficient (Wildman–Crippen LogP) is 2.16. The molecule has 18 heavy (non-hydrogen) atoms. The van der Waals surface area contributed by atoms with Gasteiger partial charge in [-0.3, -0.25) is 4.79 Å². The Hall–Kier alpha value is -1.61. The third-order valence-electron chi connectivity index (χ3n) is 3.38. The molecule has 2 rings (SSSR count). The molecular weight excluding hydrogens is 224 g/mol. The van der Waals surface area contributed by atoms with Crippen molar-refractivity contribution < 1.29 is 4.79 Å². The topological polar surface area (TPSA) is 55.1 Å². The van der Waals surface area contributed by atoms with Crippen LogP contribution in [0.4, 0.5) is 0 Å². The molecule has 1 amide bonds. The van der Waals surface area contributed by atoms with Crippen LogP contribution in [0.25, 0.3) is 0 Å². The number of carbonyl (C=O) groups excluding carboxylic acids is 1. The van der Waals surface area contributed by atoms with Crippen LogP contribution in [0.15, 0.2) is 42.5 Å². The fraction of sp³-hybridized carbons (Fsp3) is 0.400. The largest absolute Gasteiger partial charge is 0.354 e. The molecule has 2 atom stereocenters. The van der Waals surface area contributed by atoms with Crippen LogP contribution in [-0.4, -0.2) is 12.5 Å². The first-order chi connectivity index (χ1) is 8.77. The quantitative estimate of drug-likeness (QED) is 0.797. The molecule has 1 aliphatic carbocycles. The van der Waals surface area contributed by atoms with E-state index >= 15 is 0 Å². The smallest absolute Gasteiger partial charge is 0.241 e. The Labute approximate surface area is 108 Å². The van der Waals surface area contributed by atoms with Gasteiger partial charge in [-0.25, -0.2) is 0 Å². The summed E-state index contributed by atoms with van der Waals surface area (Å²) in [5.41, 5.74) is 6.79. The van der Waals surface area contributed by atoms with E-state index in [1.54, 1.807) is 0 Å². The summed E-state index contributed by atoms with van der Waals surface area (Å²) in [6.45, 7) is 0.726. The van der Waals surface area contributed by atoms with Crippen LogP contribution in [0.2, 0.25) is 0 Å². The molecule has 0 aromatic heterocycles. The summed E-state index contributed by atoms with van der Waals surface area (Å²) < 4.78 is 0. The highest BCUT2D eigenvalue weighted by Gasteiger charge is 2.17. The van der Waals surface area contributed by atoms with Crippen molar-refractivity contribution in [3.05, 3.63) is 48.0 Å². The second-order valence-electron chi connectivity index (χ2n) is 4.78. The summed E-state index contributed by atoms with van der Waals surface area (Å²) in [5.74, 6) is 0.470.